The molecule has 3 atom stereocenters. The monoisotopic (exact) mass is 337 g/mol. The zero-order valence-electron chi connectivity index (χ0n) is 12.8. The van der Waals surface area contributed by atoms with Crippen LogP contribution in [0.25, 0.3) is 0 Å². The zero-order chi connectivity index (χ0) is 15.5. The van der Waals surface area contributed by atoms with Crippen LogP contribution in [0.1, 0.15) is 30.8 Å². The fourth-order valence-electron chi connectivity index (χ4n) is 2.66. The summed E-state index contributed by atoms with van der Waals surface area (Å²) < 4.78 is 9.45. The maximum absolute atomic E-state index is 6.00. The molecule has 0 saturated heterocycles. The van der Waals surface area contributed by atoms with E-state index in [1.165, 1.54) is 23.5 Å². The van der Waals surface area contributed by atoms with E-state index in [0.29, 0.717) is 12.5 Å². The van der Waals surface area contributed by atoms with Crippen LogP contribution in [-0.2, 0) is 11.2 Å². The predicted octanol–water partition coefficient (Wildman–Crippen LogP) is 4.19. The van der Waals surface area contributed by atoms with E-state index in [4.69, 9.17) is 16.3 Å². The predicted molar refractivity (Wildman–Crippen MR) is 90.6 cm³/mol. The van der Waals surface area contributed by atoms with E-state index in [9.17, 15) is 0 Å². The van der Waals surface area contributed by atoms with E-state index in [0.717, 1.165) is 28.3 Å². The molecule has 0 spiro atoms. The van der Waals surface area contributed by atoms with Crippen LogP contribution in [-0.4, -0.2) is 23.1 Å². The lowest BCUT2D eigenvalue weighted by Gasteiger charge is -2.18. The molecular weight excluding hydrogens is 318 g/mol. The van der Waals surface area contributed by atoms with Crippen molar-refractivity contribution in [1.29, 1.82) is 0 Å². The molecule has 3 unspecified atom stereocenters. The third-order valence-corrected chi connectivity index (χ3v) is 5.04. The van der Waals surface area contributed by atoms with Gasteiger partial charge in [-0.1, -0.05) is 30.7 Å². The Morgan fingerprint density at radius 1 is 1.41 bits per heavy atom. The third-order valence-electron chi connectivity index (χ3n) is 4.11. The van der Waals surface area contributed by atoms with Gasteiger partial charge in [-0.2, -0.15) is 4.37 Å². The minimum atomic E-state index is 0.274. The van der Waals surface area contributed by atoms with Crippen molar-refractivity contribution in [2.45, 2.75) is 25.8 Å². The molecule has 4 nitrogen and oxygen atoms in total. The fourth-order valence-corrected chi connectivity index (χ4v) is 3.44. The van der Waals surface area contributed by atoms with E-state index in [1.54, 1.807) is 7.11 Å². The van der Waals surface area contributed by atoms with Gasteiger partial charge in [-0.05, 0) is 36.0 Å². The first-order valence-electron chi connectivity index (χ1n) is 7.51. The normalized spacial score (nSPS) is 21.6. The molecule has 1 saturated carbocycles. The molecule has 6 heteroatoms. The van der Waals surface area contributed by atoms with E-state index in [-0.39, 0.29) is 6.04 Å². The number of nitrogens with zero attached hydrogens (tertiary/aromatic N) is 2. The fraction of sp³-hybridized carbons (Fsp3) is 0.500. The minimum Gasteiger partial charge on any atom is -0.384 e. The molecule has 0 amide bonds. The van der Waals surface area contributed by atoms with Crippen molar-refractivity contribution in [2.75, 3.05) is 19.0 Å². The average molecular weight is 338 g/mol. The standard InChI is InChI=1S/C16H20ClN3OS/c1-10-9-13(10)15(11-3-5-12(17)6-4-11)19-16-18-14(20-22-16)7-8-21-2/h3-6,10,13,15H,7-9H2,1-2H3,(H,18,19,20). The Morgan fingerprint density at radius 3 is 2.77 bits per heavy atom. The summed E-state index contributed by atoms with van der Waals surface area (Å²) in [5.41, 5.74) is 1.26. The molecule has 1 aliphatic carbocycles. The van der Waals surface area contributed by atoms with Crippen molar-refractivity contribution in [3.05, 3.63) is 40.7 Å². The van der Waals surface area contributed by atoms with Crippen LogP contribution < -0.4 is 5.32 Å². The molecule has 3 rings (SSSR count). The van der Waals surface area contributed by atoms with Gasteiger partial charge < -0.3 is 10.1 Å². The average Bonchev–Trinajstić information content (AvgIpc) is 3.07. The van der Waals surface area contributed by atoms with Gasteiger partial charge in [-0.15, -0.1) is 0 Å². The number of aromatic nitrogens is 2. The molecule has 1 fully saturated rings. The summed E-state index contributed by atoms with van der Waals surface area (Å²) in [4.78, 5) is 4.56. The summed E-state index contributed by atoms with van der Waals surface area (Å²) in [5.74, 6) is 2.23. The maximum Gasteiger partial charge on any atom is 0.203 e. The number of rotatable bonds is 7. The number of hydrogen-bond acceptors (Lipinski definition) is 5. The molecule has 2 aromatic rings. The largest absolute Gasteiger partial charge is 0.384 e. The lowest BCUT2D eigenvalue weighted by Crippen LogP contribution is -2.13. The molecule has 22 heavy (non-hydrogen) atoms. The van der Waals surface area contributed by atoms with Crippen molar-refractivity contribution in [3.63, 3.8) is 0 Å². The molecule has 0 aliphatic heterocycles. The first-order valence-corrected chi connectivity index (χ1v) is 8.66. The highest BCUT2D eigenvalue weighted by molar-refractivity contribution is 7.09. The molecule has 1 aromatic heterocycles. The van der Waals surface area contributed by atoms with Gasteiger partial charge in [0.2, 0.25) is 5.13 Å². The van der Waals surface area contributed by atoms with Crippen LogP contribution in [0.15, 0.2) is 24.3 Å². The minimum absolute atomic E-state index is 0.274. The van der Waals surface area contributed by atoms with Crippen molar-refractivity contribution in [1.82, 2.24) is 9.36 Å². The summed E-state index contributed by atoms with van der Waals surface area (Å²) in [6.07, 6.45) is 2.00. The lowest BCUT2D eigenvalue weighted by molar-refractivity contribution is 0.201. The smallest absolute Gasteiger partial charge is 0.203 e. The van der Waals surface area contributed by atoms with Crippen molar-refractivity contribution in [2.24, 2.45) is 11.8 Å². The van der Waals surface area contributed by atoms with Crippen molar-refractivity contribution in [3.8, 4) is 0 Å². The van der Waals surface area contributed by atoms with Gasteiger partial charge >= 0.3 is 0 Å². The summed E-state index contributed by atoms with van der Waals surface area (Å²) in [6, 6.07) is 8.36. The number of benzene rings is 1. The van der Waals surface area contributed by atoms with Crippen LogP contribution in [0.3, 0.4) is 0 Å². The number of nitrogens with one attached hydrogen (secondary N) is 1. The Morgan fingerprint density at radius 2 is 2.14 bits per heavy atom. The van der Waals surface area contributed by atoms with E-state index < -0.39 is 0 Å². The highest BCUT2D eigenvalue weighted by atomic mass is 35.5. The van der Waals surface area contributed by atoms with Crippen LogP contribution in [0.5, 0.6) is 0 Å². The maximum atomic E-state index is 6.00. The molecule has 1 aliphatic rings. The van der Waals surface area contributed by atoms with Gasteiger partial charge in [-0.25, -0.2) is 4.98 Å². The van der Waals surface area contributed by atoms with E-state index in [1.807, 2.05) is 12.1 Å². The number of hydrogen-bond donors (Lipinski definition) is 1. The Hall–Kier alpha value is -1.17. The second-order valence-corrected chi connectivity index (χ2v) is 7.00. The van der Waals surface area contributed by atoms with Crippen molar-refractivity contribution >= 4 is 28.3 Å². The van der Waals surface area contributed by atoms with E-state index >= 15 is 0 Å². The molecule has 118 valence electrons. The second kappa shape index (κ2) is 6.94. The molecule has 1 heterocycles. The van der Waals surface area contributed by atoms with Gasteiger partial charge in [-0.3, -0.25) is 0 Å². The van der Waals surface area contributed by atoms with Crippen LogP contribution in [0.4, 0.5) is 5.13 Å². The Bertz CT molecular complexity index is 616. The number of methoxy groups -OCH3 is 1. The van der Waals surface area contributed by atoms with Crippen LogP contribution >= 0.6 is 23.1 Å². The topological polar surface area (TPSA) is 47.0 Å². The number of anilines is 1. The molecular formula is C16H20ClN3OS. The molecule has 0 bridgehead atoms. The van der Waals surface area contributed by atoms with Gasteiger partial charge in [0.1, 0.15) is 5.82 Å². The first-order chi connectivity index (χ1) is 10.7. The Labute approximate surface area is 140 Å². The second-order valence-electron chi connectivity index (χ2n) is 5.81. The Kier molecular flexibility index (Phi) is 4.96. The molecule has 1 N–H and O–H groups in total. The number of halogens is 1. The summed E-state index contributed by atoms with van der Waals surface area (Å²) in [5, 5.41) is 5.21. The molecule has 0 radical (unpaired) electrons. The summed E-state index contributed by atoms with van der Waals surface area (Å²) in [6.45, 7) is 2.94. The summed E-state index contributed by atoms with van der Waals surface area (Å²) in [7, 11) is 1.69. The van der Waals surface area contributed by atoms with Crippen LogP contribution in [0.2, 0.25) is 5.02 Å². The van der Waals surface area contributed by atoms with Gasteiger partial charge in [0.05, 0.1) is 12.6 Å². The Balaban J connectivity index is 1.73. The van der Waals surface area contributed by atoms with Gasteiger partial charge in [0.25, 0.3) is 0 Å². The van der Waals surface area contributed by atoms with Crippen molar-refractivity contribution < 1.29 is 4.74 Å². The SMILES string of the molecule is COCCc1nsc(NC(c2ccc(Cl)cc2)C2CC2C)n1. The number of ether oxygens (including phenoxy) is 1. The summed E-state index contributed by atoms with van der Waals surface area (Å²) >= 11 is 7.42. The first kappa shape index (κ1) is 15.7. The van der Waals surface area contributed by atoms with E-state index in [2.05, 4.69) is 33.7 Å². The zero-order valence-corrected chi connectivity index (χ0v) is 14.3. The quantitative estimate of drug-likeness (QED) is 0.823. The highest BCUT2D eigenvalue weighted by Gasteiger charge is 2.40. The highest BCUT2D eigenvalue weighted by Crippen LogP contribution is 2.48. The third kappa shape index (κ3) is 3.77. The molecule has 1 aromatic carbocycles. The van der Waals surface area contributed by atoms with Gasteiger partial charge in [0, 0.05) is 30.1 Å². The van der Waals surface area contributed by atoms with Crippen LogP contribution in [0, 0.1) is 11.8 Å². The lowest BCUT2D eigenvalue weighted by atomic mass is 10.0. The van der Waals surface area contributed by atoms with Gasteiger partial charge in [0.15, 0.2) is 0 Å².